The number of fused-ring (bicyclic) bond motifs is 1. The van der Waals surface area contributed by atoms with Gasteiger partial charge < -0.3 is 10.6 Å². The average Bonchev–Trinajstić information content (AvgIpc) is 2.53. The van der Waals surface area contributed by atoms with E-state index in [0.29, 0.717) is 12.2 Å². The second-order valence-electron chi connectivity index (χ2n) is 4.88. The highest BCUT2D eigenvalue weighted by Gasteiger charge is 2.12. The molecule has 1 aromatic heterocycles. The van der Waals surface area contributed by atoms with Crippen LogP contribution in [0, 0.1) is 0 Å². The summed E-state index contributed by atoms with van der Waals surface area (Å²) in [5, 5.41) is 8.15. The molecule has 4 nitrogen and oxygen atoms in total. The van der Waals surface area contributed by atoms with Crippen LogP contribution < -0.4 is 10.6 Å². The molecule has 0 saturated heterocycles. The number of pyridine rings is 1. The predicted molar refractivity (Wildman–Crippen MR) is 79.6 cm³/mol. The van der Waals surface area contributed by atoms with Crippen LogP contribution in [-0.2, 0) is 0 Å². The molecule has 0 unspecified atom stereocenters. The number of carbonyl (C=O) groups excluding carboxylic acids is 1. The first kappa shape index (κ1) is 12.8. The predicted octanol–water partition coefficient (Wildman–Crippen LogP) is 1.88. The first-order valence-corrected chi connectivity index (χ1v) is 6.85. The van der Waals surface area contributed by atoms with Crippen molar-refractivity contribution in [1.29, 1.82) is 0 Å². The van der Waals surface area contributed by atoms with Crippen LogP contribution in [0.5, 0.6) is 0 Å². The Morgan fingerprint density at radius 2 is 2.20 bits per heavy atom. The maximum Gasteiger partial charge on any atom is 0.270 e. The molecule has 1 amide bonds. The Morgan fingerprint density at radius 3 is 3.05 bits per heavy atom. The lowest BCUT2D eigenvalue weighted by Crippen LogP contribution is -2.30. The fourth-order valence-corrected chi connectivity index (χ4v) is 2.41. The zero-order valence-corrected chi connectivity index (χ0v) is 11.2. The van der Waals surface area contributed by atoms with E-state index in [2.05, 4.69) is 21.7 Å². The zero-order chi connectivity index (χ0) is 13.8. The van der Waals surface area contributed by atoms with Crippen LogP contribution in [0.25, 0.3) is 10.8 Å². The highest BCUT2D eigenvalue weighted by atomic mass is 16.1. The molecule has 0 radical (unpaired) electrons. The molecule has 1 aliphatic rings. The van der Waals surface area contributed by atoms with Gasteiger partial charge in [-0.05, 0) is 24.4 Å². The number of benzene rings is 1. The highest BCUT2D eigenvalue weighted by molar-refractivity contribution is 6.05. The molecule has 1 aromatic carbocycles. The van der Waals surface area contributed by atoms with Crippen molar-refractivity contribution in [2.45, 2.75) is 6.42 Å². The Morgan fingerprint density at radius 1 is 1.30 bits per heavy atom. The molecule has 2 N–H and O–H groups in total. The van der Waals surface area contributed by atoms with Crippen molar-refractivity contribution in [3.8, 4) is 0 Å². The van der Waals surface area contributed by atoms with Crippen LogP contribution in [0.2, 0.25) is 0 Å². The summed E-state index contributed by atoms with van der Waals surface area (Å²) in [7, 11) is 0. The van der Waals surface area contributed by atoms with Gasteiger partial charge in [-0.2, -0.15) is 0 Å². The highest BCUT2D eigenvalue weighted by Crippen LogP contribution is 2.16. The van der Waals surface area contributed by atoms with Crippen molar-refractivity contribution in [2.75, 3.05) is 19.6 Å². The van der Waals surface area contributed by atoms with Crippen LogP contribution in [0.1, 0.15) is 16.9 Å². The third-order valence-electron chi connectivity index (χ3n) is 3.52. The number of nitrogens with zero attached hydrogens (tertiary/aromatic N) is 1. The Bertz CT molecular complexity index is 658. The van der Waals surface area contributed by atoms with E-state index in [1.165, 1.54) is 5.57 Å². The molecule has 102 valence electrons. The maximum absolute atomic E-state index is 12.3. The van der Waals surface area contributed by atoms with Crippen LogP contribution in [-0.4, -0.2) is 30.5 Å². The van der Waals surface area contributed by atoms with Gasteiger partial charge in [0.2, 0.25) is 0 Å². The molecular formula is C16H17N3O. The third kappa shape index (κ3) is 2.70. The summed E-state index contributed by atoms with van der Waals surface area (Å²) in [5.74, 6) is -0.110. The lowest BCUT2D eigenvalue weighted by Gasteiger charge is -2.14. The molecule has 2 aromatic rings. The van der Waals surface area contributed by atoms with Crippen molar-refractivity contribution in [3.63, 3.8) is 0 Å². The lowest BCUT2D eigenvalue weighted by molar-refractivity contribution is 0.0953. The molecule has 20 heavy (non-hydrogen) atoms. The van der Waals surface area contributed by atoms with Crippen LogP contribution >= 0.6 is 0 Å². The topological polar surface area (TPSA) is 54.0 Å². The van der Waals surface area contributed by atoms with Gasteiger partial charge in [-0.3, -0.25) is 9.78 Å². The molecule has 3 rings (SSSR count). The average molecular weight is 267 g/mol. The standard InChI is InChI=1S/C16H17N3O/c20-16(19-11-12-5-8-17-9-6-12)15-14-4-2-1-3-13(14)7-10-18-15/h1-5,7,10,17H,6,8-9,11H2,(H,19,20). The summed E-state index contributed by atoms with van der Waals surface area (Å²) in [6.07, 6.45) is 4.81. The van der Waals surface area contributed by atoms with E-state index in [9.17, 15) is 4.79 Å². The van der Waals surface area contributed by atoms with Crippen molar-refractivity contribution in [2.24, 2.45) is 0 Å². The van der Waals surface area contributed by atoms with Gasteiger partial charge >= 0.3 is 0 Å². The molecule has 0 saturated carbocycles. The Hall–Kier alpha value is -2.20. The Balaban J connectivity index is 1.77. The summed E-state index contributed by atoms with van der Waals surface area (Å²) in [6.45, 7) is 2.47. The van der Waals surface area contributed by atoms with E-state index < -0.39 is 0 Å². The van der Waals surface area contributed by atoms with Crippen molar-refractivity contribution in [3.05, 3.63) is 53.9 Å². The molecular weight excluding hydrogens is 250 g/mol. The van der Waals surface area contributed by atoms with E-state index in [-0.39, 0.29) is 5.91 Å². The Kier molecular flexibility index (Phi) is 3.74. The minimum atomic E-state index is -0.110. The monoisotopic (exact) mass is 267 g/mol. The number of hydrogen-bond acceptors (Lipinski definition) is 3. The largest absolute Gasteiger partial charge is 0.347 e. The van der Waals surface area contributed by atoms with Gasteiger partial charge in [0.1, 0.15) is 5.69 Å². The number of nitrogens with one attached hydrogen (secondary N) is 2. The maximum atomic E-state index is 12.3. The minimum absolute atomic E-state index is 0.110. The van der Waals surface area contributed by atoms with E-state index in [1.807, 2.05) is 30.3 Å². The molecule has 0 fully saturated rings. The number of rotatable bonds is 3. The van der Waals surface area contributed by atoms with Gasteiger partial charge in [-0.15, -0.1) is 0 Å². The second kappa shape index (κ2) is 5.84. The van der Waals surface area contributed by atoms with Gasteiger partial charge in [-0.25, -0.2) is 0 Å². The van der Waals surface area contributed by atoms with Crippen molar-refractivity contribution >= 4 is 16.7 Å². The third-order valence-corrected chi connectivity index (χ3v) is 3.52. The molecule has 2 heterocycles. The summed E-state index contributed by atoms with van der Waals surface area (Å²) in [4.78, 5) is 16.5. The van der Waals surface area contributed by atoms with E-state index in [0.717, 1.165) is 30.3 Å². The van der Waals surface area contributed by atoms with E-state index >= 15 is 0 Å². The Labute approximate surface area is 117 Å². The van der Waals surface area contributed by atoms with Gasteiger partial charge in [0.15, 0.2) is 0 Å². The summed E-state index contributed by atoms with van der Waals surface area (Å²) < 4.78 is 0. The van der Waals surface area contributed by atoms with Crippen LogP contribution in [0.15, 0.2) is 48.2 Å². The molecule has 0 bridgehead atoms. The lowest BCUT2D eigenvalue weighted by atomic mass is 10.1. The summed E-state index contributed by atoms with van der Waals surface area (Å²) in [5.41, 5.74) is 1.77. The normalized spacial score (nSPS) is 14.9. The SMILES string of the molecule is O=C(NCC1=CCNCC1)c1nccc2ccccc12. The van der Waals surface area contributed by atoms with Crippen LogP contribution in [0.3, 0.4) is 0 Å². The first-order valence-electron chi connectivity index (χ1n) is 6.85. The summed E-state index contributed by atoms with van der Waals surface area (Å²) in [6, 6.07) is 9.73. The number of carbonyl (C=O) groups is 1. The van der Waals surface area contributed by atoms with Gasteiger partial charge in [0.05, 0.1) is 0 Å². The van der Waals surface area contributed by atoms with Gasteiger partial charge in [-0.1, -0.05) is 35.9 Å². The van der Waals surface area contributed by atoms with Crippen LogP contribution in [0.4, 0.5) is 0 Å². The quantitative estimate of drug-likeness (QED) is 0.835. The number of hydrogen-bond donors (Lipinski definition) is 2. The number of aromatic nitrogens is 1. The van der Waals surface area contributed by atoms with Gasteiger partial charge in [0.25, 0.3) is 5.91 Å². The zero-order valence-electron chi connectivity index (χ0n) is 11.2. The van der Waals surface area contributed by atoms with E-state index in [1.54, 1.807) is 6.20 Å². The summed E-state index contributed by atoms with van der Waals surface area (Å²) >= 11 is 0. The fraction of sp³-hybridized carbons (Fsp3) is 0.250. The smallest absolute Gasteiger partial charge is 0.270 e. The fourth-order valence-electron chi connectivity index (χ4n) is 2.41. The molecule has 4 heteroatoms. The molecule has 1 aliphatic heterocycles. The molecule has 0 aliphatic carbocycles. The molecule has 0 atom stereocenters. The van der Waals surface area contributed by atoms with Gasteiger partial charge in [0, 0.05) is 24.7 Å². The number of amides is 1. The van der Waals surface area contributed by atoms with Crippen molar-refractivity contribution in [1.82, 2.24) is 15.6 Å². The second-order valence-corrected chi connectivity index (χ2v) is 4.88. The molecule has 0 spiro atoms. The van der Waals surface area contributed by atoms with E-state index in [4.69, 9.17) is 0 Å². The first-order chi connectivity index (χ1) is 9.84. The van der Waals surface area contributed by atoms with Crippen molar-refractivity contribution < 1.29 is 4.79 Å². The minimum Gasteiger partial charge on any atom is -0.347 e.